The predicted molar refractivity (Wildman–Crippen MR) is 107 cm³/mol. The Labute approximate surface area is 157 Å². The van der Waals surface area contributed by atoms with Gasteiger partial charge in [-0.2, -0.15) is 0 Å². The van der Waals surface area contributed by atoms with Gasteiger partial charge in [0, 0.05) is 24.2 Å². The maximum atomic E-state index is 6.32. The van der Waals surface area contributed by atoms with E-state index in [1.165, 1.54) is 44.1 Å². The molecule has 1 aromatic carbocycles. The summed E-state index contributed by atoms with van der Waals surface area (Å²) in [7, 11) is 4.15. The van der Waals surface area contributed by atoms with Crippen molar-refractivity contribution < 1.29 is 4.74 Å². The Kier molecular flexibility index (Phi) is 7.62. The van der Waals surface area contributed by atoms with Gasteiger partial charge in [-0.3, -0.25) is 0 Å². The van der Waals surface area contributed by atoms with Crippen molar-refractivity contribution in [1.82, 2.24) is 14.3 Å². The van der Waals surface area contributed by atoms with Gasteiger partial charge in [-0.05, 0) is 70.6 Å². The Bertz CT molecular complexity index is 491. The van der Waals surface area contributed by atoms with E-state index < -0.39 is 0 Å². The average Bonchev–Trinajstić information content (AvgIpc) is 2.66. The molecule has 5 heteroatoms. The van der Waals surface area contributed by atoms with Gasteiger partial charge in [0.1, 0.15) is 0 Å². The van der Waals surface area contributed by atoms with E-state index in [4.69, 9.17) is 4.74 Å². The highest BCUT2D eigenvalue weighted by atomic mass is 32.2. The van der Waals surface area contributed by atoms with Gasteiger partial charge < -0.3 is 10.1 Å². The second kappa shape index (κ2) is 9.93. The van der Waals surface area contributed by atoms with Crippen molar-refractivity contribution in [2.24, 2.45) is 0 Å². The summed E-state index contributed by atoms with van der Waals surface area (Å²) in [5, 5.41) is 3.65. The Balaban J connectivity index is 1.41. The van der Waals surface area contributed by atoms with Crippen LogP contribution in [0.25, 0.3) is 0 Å². The van der Waals surface area contributed by atoms with Crippen LogP contribution in [0.5, 0.6) is 0 Å². The Morgan fingerprint density at radius 2 is 1.88 bits per heavy atom. The molecule has 0 radical (unpaired) electrons. The molecule has 2 unspecified atom stereocenters. The molecule has 1 saturated carbocycles. The molecule has 2 atom stereocenters. The molecular weight excluding hydrogens is 330 g/mol. The van der Waals surface area contributed by atoms with Crippen molar-refractivity contribution >= 4 is 12.1 Å². The summed E-state index contributed by atoms with van der Waals surface area (Å²) in [6.07, 6.45) is 7.79. The van der Waals surface area contributed by atoms with Gasteiger partial charge in [-0.25, -0.2) is 9.03 Å². The van der Waals surface area contributed by atoms with Gasteiger partial charge >= 0.3 is 0 Å². The van der Waals surface area contributed by atoms with Crippen LogP contribution in [0.1, 0.15) is 50.0 Å². The monoisotopic (exact) mass is 363 g/mol. The maximum Gasteiger partial charge on any atom is 0.0638 e. The zero-order valence-electron chi connectivity index (χ0n) is 15.6. The Morgan fingerprint density at radius 3 is 2.60 bits per heavy atom. The zero-order chi connectivity index (χ0) is 17.5. The lowest BCUT2D eigenvalue weighted by Gasteiger charge is -2.35. The number of nitrogens with one attached hydrogen (secondary N) is 2. The average molecular weight is 364 g/mol. The molecule has 4 nitrogen and oxygen atoms in total. The molecule has 1 aliphatic heterocycles. The molecular formula is C20H33N3OS. The lowest BCUT2D eigenvalue weighted by molar-refractivity contribution is 0.00533. The molecule has 0 spiro atoms. The number of rotatable bonds is 7. The van der Waals surface area contributed by atoms with Gasteiger partial charge in [-0.1, -0.05) is 30.3 Å². The maximum absolute atomic E-state index is 6.32. The van der Waals surface area contributed by atoms with Crippen LogP contribution >= 0.6 is 12.1 Å². The fraction of sp³-hybridized carbons (Fsp3) is 0.700. The molecule has 2 N–H and O–H groups in total. The van der Waals surface area contributed by atoms with E-state index in [-0.39, 0.29) is 0 Å². The van der Waals surface area contributed by atoms with E-state index in [0.29, 0.717) is 18.2 Å². The molecule has 0 bridgehead atoms. The molecule has 2 aliphatic rings. The first kappa shape index (κ1) is 19.2. The second-order valence-electron chi connectivity index (χ2n) is 7.55. The van der Waals surface area contributed by atoms with Crippen molar-refractivity contribution in [3.05, 3.63) is 35.9 Å². The van der Waals surface area contributed by atoms with Crippen molar-refractivity contribution in [3.8, 4) is 0 Å². The van der Waals surface area contributed by atoms with E-state index in [2.05, 4.69) is 58.8 Å². The number of piperidine rings is 1. The summed E-state index contributed by atoms with van der Waals surface area (Å²) in [6.45, 7) is 1.94. The number of benzene rings is 1. The molecule has 25 heavy (non-hydrogen) atoms. The minimum Gasteiger partial charge on any atom is -0.377 e. The van der Waals surface area contributed by atoms with Crippen molar-refractivity contribution in [2.45, 2.75) is 62.6 Å². The van der Waals surface area contributed by atoms with Gasteiger partial charge in [0.2, 0.25) is 0 Å². The van der Waals surface area contributed by atoms with E-state index in [1.807, 2.05) is 0 Å². The predicted octanol–water partition coefficient (Wildman–Crippen LogP) is 3.56. The minimum absolute atomic E-state index is 0.424. The normalized spacial score (nSPS) is 30.5. The van der Waals surface area contributed by atoms with Crippen molar-refractivity contribution in [1.29, 1.82) is 0 Å². The molecule has 1 aromatic rings. The van der Waals surface area contributed by atoms with Crippen molar-refractivity contribution in [3.63, 3.8) is 0 Å². The molecule has 140 valence electrons. The van der Waals surface area contributed by atoms with Crippen LogP contribution in [0.15, 0.2) is 30.3 Å². The summed E-state index contributed by atoms with van der Waals surface area (Å²) >= 11 is 1.69. The topological polar surface area (TPSA) is 36.5 Å². The van der Waals surface area contributed by atoms with E-state index in [9.17, 15) is 0 Å². The SMILES string of the molecule is CN(C)SNC1CCCNC1COC1CCC(c2ccccc2)CC1. The highest BCUT2D eigenvalue weighted by Crippen LogP contribution is 2.34. The third-order valence-electron chi connectivity index (χ3n) is 5.43. The van der Waals surface area contributed by atoms with Gasteiger partial charge in [0.05, 0.1) is 12.7 Å². The highest BCUT2D eigenvalue weighted by molar-refractivity contribution is 7.95. The fourth-order valence-electron chi connectivity index (χ4n) is 3.97. The van der Waals surface area contributed by atoms with Crippen LogP contribution in [0, 0.1) is 0 Å². The summed E-state index contributed by atoms with van der Waals surface area (Å²) < 4.78 is 12.0. The Hall–Kier alpha value is -0.590. The molecule has 3 rings (SSSR count). The van der Waals surface area contributed by atoms with Gasteiger partial charge in [0.25, 0.3) is 0 Å². The van der Waals surface area contributed by atoms with Gasteiger partial charge in [0.15, 0.2) is 0 Å². The molecule has 1 aliphatic carbocycles. The van der Waals surface area contributed by atoms with Crippen LogP contribution < -0.4 is 10.0 Å². The first-order valence-corrected chi connectivity index (χ1v) is 10.5. The fourth-order valence-corrected chi connectivity index (χ4v) is 4.60. The standard InChI is InChI=1S/C20H33N3OS/c1-23(2)25-22-19-9-6-14-21-20(19)15-24-18-12-10-17(11-13-18)16-7-4-3-5-8-16/h3-5,7-8,17-22H,6,9-15H2,1-2H3. The quantitative estimate of drug-likeness (QED) is 0.725. The van der Waals surface area contributed by atoms with Crippen LogP contribution in [0.4, 0.5) is 0 Å². The minimum atomic E-state index is 0.424. The summed E-state index contributed by atoms with van der Waals surface area (Å²) in [5.74, 6) is 0.722. The summed E-state index contributed by atoms with van der Waals surface area (Å²) in [6, 6.07) is 11.9. The van der Waals surface area contributed by atoms with Gasteiger partial charge in [-0.15, -0.1) is 0 Å². The summed E-state index contributed by atoms with van der Waals surface area (Å²) in [4.78, 5) is 0. The molecule has 0 aromatic heterocycles. The first-order chi connectivity index (χ1) is 12.2. The third-order valence-corrected chi connectivity index (χ3v) is 6.20. The van der Waals surface area contributed by atoms with E-state index in [0.717, 1.165) is 19.1 Å². The van der Waals surface area contributed by atoms with Crippen LogP contribution in [-0.4, -0.2) is 49.7 Å². The lowest BCUT2D eigenvalue weighted by atomic mass is 9.83. The van der Waals surface area contributed by atoms with Crippen molar-refractivity contribution in [2.75, 3.05) is 27.2 Å². The molecule has 1 heterocycles. The molecule has 1 saturated heterocycles. The van der Waals surface area contributed by atoms with Crippen LogP contribution in [0.3, 0.4) is 0 Å². The number of hydrogen-bond donors (Lipinski definition) is 2. The van der Waals surface area contributed by atoms with Crippen LogP contribution in [0.2, 0.25) is 0 Å². The Morgan fingerprint density at radius 1 is 1.12 bits per heavy atom. The zero-order valence-corrected chi connectivity index (χ0v) is 16.4. The van der Waals surface area contributed by atoms with E-state index in [1.54, 1.807) is 12.1 Å². The highest BCUT2D eigenvalue weighted by Gasteiger charge is 2.28. The van der Waals surface area contributed by atoms with E-state index >= 15 is 0 Å². The first-order valence-electron chi connectivity index (χ1n) is 9.72. The third kappa shape index (κ3) is 5.97. The smallest absolute Gasteiger partial charge is 0.0638 e. The number of ether oxygens (including phenoxy) is 1. The second-order valence-corrected chi connectivity index (χ2v) is 8.70. The molecule has 0 amide bonds. The molecule has 2 fully saturated rings. The number of hydrogen-bond acceptors (Lipinski definition) is 5. The van der Waals surface area contributed by atoms with Crippen LogP contribution in [-0.2, 0) is 4.74 Å². The lowest BCUT2D eigenvalue weighted by Crippen LogP contribution is -2.53. The largest absolute Gasteiger partial charge is 0.377 e. The summed E-state index contributed by atoms with van der Waals surface area (Å²) in [5.41, 5.74) is 1.50. The number of nitrogens with zero attached hydrogens (tertiary/aromatic N) is 1.